The van der Waals surface area contributed by atoms with Gasteiger partial charge < -0.3 is 14.8 Å². The fraction of sp³-hybridized carbons (Fsp3) is 0.727. The molecule has 0 aromatic carbocycles. The quantitative estimate of drug-likeness (QED) is 0.579. The maximum Gasteiger partial charge on any atom is 0.405 e. The lowest BCUT2D eigenvalue weighted by Crippen LogP contribution is -2.50. The first-order valence-corrected chi connectivity index (χ1v) is 6.46. The highest BCUT2D eigenvalue weighted by molar-refractivity contribution is 6.31. The summed E-state index contributed by atoms with van der Waals surface area (Å²) in [6.45, 7) is 9.93. The summed E-state index contributed by atoms with van der Waals surface area (Å²) < 4.78 is 5.82. The maximum absolute atomic E-state index is 10.6. The number of hydrogen-bond donors (Lipinski definition) is 2. The van der Waals surface area contributed by atoms with Gasteiger partial charge >= 0.3 is 6.09 Å². The summed E-state index contributed by atoms with van der Waals surface area (Å²) in [5.41, 5.74) is -0.660. The van der Waals surface area contributed by atoms with Crippen molar-refractivity contribution in [3.63, 3.8) is 0 Å². The average Bonchev–Trinajstić information content (AvgIpc) is 2.09. The molecule has 0 heterocycles. The standard InChI is InChI=1S/C11H21NO3Si/c1-7-8(12-9(13)14)11(5,6)15-16-10(2,3)4/h1,8,12H,16H2,2-6H3,(H,13,14). The second-order valence-electron chi connectivity index (χ2n) is 5.50. The van der Waals surface area contributed by atoms with Crippen LogP contribution < -0.4 is 5.32 Å². The van der Waals surface area contributed by atoms with E-state index < -0.39 is 27.5 Å². The lowest BCUT2D eigenvalue weighted by Gasteiger charge is -2.34. The predicted octanol–water partition coefficient (Wildman–Crippen LogP) is 1.35. The molecule has 2 N–H and O–H groups in total. The normalized spacial score (nSPS) is 14.8. The number of terminal acetylenes is 1. The van der Waals surface area contributed by atoms with Gasteiger partial charge in [-0.15, -0.1) is 6.42 Å². The van der Waals surface area contributed by atoms with Gasteiger partial charge in [0, 0.05) is 0 Å². The number of hydrogen-bond acceptors (Lipinski definition) is 2. The van der Waals surface area contributed by atoms with Crippen LogP contribution in [-0.2, 0) is 4.43 Å². The van der Waals surface area contributed by atoms with Gasteiger partial charge in [0.25, 0.3) is 0 Å². The Kier molecular flexibility index (Phi) is 5.04. The van der Waals surface area contributed by atoms with Crippen LogP contribution >= 0.6 is 0 Å². The van der Waals surface area contributed by atoms with E-state index in [1.54, 1.807) is 0 Å². The van der Waals surface area contributed by atoms with Gasteiger partial charge in [-0.3, -0.25) is 0 Å². The minimum Gasteiger partial charge on any atom is -0.465 e. The Morgan fingerprint density at radius 2 is 1.94 bits per heavy atom. The van der Waals surface area contributed by atoms with E-state index in [1.807, 2.05) is 13.8 Å². The minimum absolute atomic E-state index is 0.152. The monoisotopic (exact) mass is 243 g/mol. The second kappa shape index (κ2) is 5.37. The molecule has 0 aromatic heterocycles. The molecule has 0 radical (unpaired) electrons. The van der Waals surface area contributed by atoms with E-state index in [2.05, 4.69) is 32.0 Å². The average molecular weight is 243 g/mol. The van der Waals surface area contributed by atoms with Crippen LogP contribution in [0.25, 0.3) is 0 Å². The number of nitrogens with one attached hydrogen (secondary N) is 1. The molecule has 1 amide bonds. The summed E-state index contributed by atoms with van der Waals surface area (Å²) in [6, 6.07) is -0.625. The first kappa shape index (κ1) is 15.0. The zero-order valence-electron chi connectivity index (χ0n) is 10.6. The molecule has 0 saturated carbocycles. The fourth-order valence-corrected chi connectivity index (χ4v) is 2.00. The highest BCUT2D eigenvalue weighted by Crippen LogP contribution is 2.24. The van der Waals surface area contributed by atoms with E-state index in [1.165, 1.54) is 0 Å². The zero-order chi connectivity index (χ0) is 13.0. The number of amides is 1. The Bertz CT molecular complexity index is 289. The van der Waals surface area contributed by atoms with Crippen LogP contribution in [0.3, 0.4) is 0 Å². The van der Waals surface area contributed by atoms with Crippen molar-refractivity contribution >= 4 is 15.9 Å². The SMILES string of the molecule is C#CC(NC(=O)O)C(C)(C)O[SiH2]C(C)(C)C. The van der Waals surface area contributed by atoms with Gasteiger partial charge in [0.15, 0.2) is 9.76 Å². The van der Waals surface area contributed by atoms with E-state index in [4.69, 9.17) is 16.0 Å². The van der Waals surface area contributed by atoms with Crippen LogP contribution in [0.5, 0.6) is 0 Å². The Hall–Kier alpha value is -0.993. The zero-order valence-corrected chi connectivity index (χ0v) is 12.0. The number of carboxylic acid groups (broad SMARTS) is 1. The predicted molar refractivity (Wildman–Crippen MR) is 67.2 cm³/mol. The van der Waals surface area contributed by atoms with Crippen molar-refractivity contribution < 1.29 is 14.3 Å². The molecule has 16 heavy (non-hydrogen) atoms. The molecule has 0 aliphatic heterocycles. The van der Waals surface area contributed by atoms with Crippen molar-refractivity contribution in [1.29, 1.82) is 0 Å². The number of carbonyl (C=O) groups is 1. The smallest absolute Gasteiger partial charge is 0.405 e. The molecular formula is C11H21NO3Si. The molecule has 5 heteroatoms. The van der Waals surface area contributed by atoms with E-state index in [-0.39, 0.29) is 5.04 Å². The van der Waals surface area contributed by atoms with Gasteiger partial charge in [0.05, 0.1) is 5.60 Å². The van der Waals surface area contributed by atoms with Crippen molar-refractivity contribution in [3.8, 4) is 12.3 Å². The largest absolute Gasteiger partial charge is 0.465 e. The lowest BCUT2D eigenvalue weighted by atomic mass is 10.0. The van der Waals surface area contributed by atoms with Crippen molar-refractivity contribution in [2.75, 3.05) is 0 Å². The molecule has 0 rings (SSSR count). The third-order valence-electron chi connectivity index (χ3n) is 2.01. The topological polar surface area (TPSA) is 58.6 Å². The Labute approximate surface area is 99.7 Å². The van der Waals surface area contributed by atoms with Crippen LogP contribution in [0.2, 0.25) is 5.04 Å². The summed E-state index contributed by atoms with van der Waals surface area (Å²) in [6.07, 6.45) is 4.18. The molecular weight excluding hydrogens is 222 g/mol. The van der Waals surface area contributed by atoms with Crippen molar-refractivity contribution in [1.82, 2.24) is 5.32 Å². The number of rotatable bonds is 4. The lowest BCUT2D eigenvalue weighted by molar-refractivity contribution is 0.0833. The van der Waals surface area contributed by atoms with Gasteiger partial charge in [-0.2, -0.15) is 0 Å². The summed E-state index contributed by atoms with van der Waals surface area (Å²) >= 11 is 0. The van der Waals surface area contributed by atoms with Crippen LogP contribution in [0.15, 0.2) is 0 Å². The highest BCUT2D eigenvalue weighted by Gasteiger charge is 2.31. The molecule has 0 aromatic rings. The van der Waals surface area contributed by atoms with Crippen molar-refractivity contribution in [2.45, 2.75) is 51.3 Å². The van der Waals surface area contributed by atoms with Crippen LogP contribution in [-0.4, -0.2) is 32.6 Å². The highest BCUT2D eigenvalue weighted by atomic mass is 28.2. The molecule has 0 saturated heterocycles. The summed E-state index contributed by atoms with van der Waals surface area (Å²) in [4.78, 5) is 10.6. The van der Waals surface area contributed by atoms with Crippen molar-refractivity contribution in [2.24, 2.45) is 0 Å². The molecule has 0 aliphatic rings. The first-order chi connectivity index (χ1) is 7.08. The molecule has 4 nitrogen and oxygen atoms in total. The van der Waals surface area contributed by atoms with Crippen molar-refractivity contribution in [3.05, 3.63) is 0 Å². The molecule has 92 valence electrons. The van der Waals surface area contributed by atoms with Gasteiger partial charge in [-0.05, 0) is 18.9 Å². The van der Waals surface area contributed by atoms with Gasteiger partial charge in [-0.1, -0.05) is 26.7 Å². The van der Waals surface area contributed by atoms with Gasteiger partial charge in [0.1, 0.15) is 6.04 Å². The molecule has 0 spiro atoms. The van der Waals surface area contributed by atoms with Gasteiger partial charge in [-0.25, -0.2) is 4.79 Å². The molecule has 1 unspecified atom stereocenters. The summed E-state index contributed by atoms with van der Waals surface area (Å²) in [7, 11) is -0.769. The summed E-state index contributed by atoms with van der Waals surface area (Å²) in [5, 5.41) is 11.1. The minimum atomic E-state index is -1.13. The van der Waals surface area contributed by atoms with E-state index in [9.17, 15) is 4.79 Å². The molecule has 0 bridgehead atoms. The Morgan fingerprint density at radius 1 is 1.44 bits per heavy atom. The maximum atomic E-state index is 10.6. The Balaban J connectivity index is 4.50. The van der Waals surface area contributed by atoms with E-state index >= 15 is 0 Å². The van der Waals surface area contributed by atoms with E-state index in [0.717, 1.165) is 0 Å². The molecule has 0 fully saturated rings. The third kappa shape index (κ3) is 5.78. The Morgan fingerprint density at radius 3 is 2.25 bits per heavy atom. The van der Waals surface area contributed by atoms with E-state index in [0.29, 0.717) is 0 Å². The van der Waals surface area contributed by atoms with Crippen LogP contribution in [0.4, 0.5) is 4.79 Å². The van der Waals surface area contributed by atoms with Crippen LogP contribution in [0, 0.1) is 12.3 Å². The second-order valence-corrected chi connectivity index (χ2v) is 8.20. The molecule has 0 aliphatic carbocycles. The third-order valence-corrected chi connectivity index (χ3v) is 3.76. The first-order valence-electron chi connectivity index (χ1n) is 5.18. The summed E-state index contributed by atoms with van der Waals surface area (Å²) in [5.74, 6) is 2.42. The van der Waals surface area contributed by atoms with Crippen LogP contribution in [0.1, 0.15) is 34.6 Å². The fourth-order valence-electron chi connectivity index (χ4n) is 1.03. The molecule has 1 atom stereocenters. The van der Waals surface area contributed by atoms with Gasteiger partial charge in [0.2, 0.25) is 0 Å².